The minimum atomic E-state index is -0.0943. The fraction of sp³-hybridized carbons (Fsp3) is 0.636. The summed E-state index contributed by atoms with van der Waals surface area (Å²) in [5, 5.41) is 0. The van der Waals surface area contributed by atoms with E-state index in [-0.39, 0.29) is 11.0 Å². The van der Waals surface area contributed by atoms with Crippen LogP contribution >= 0.6 is 0 Å². The average Bonchev–Trinajstić information content (AvgIpc) is 2.02. The molecule has 0 bridgehead atoms. The van der Waals surface area contributed by atoms with Gasteiger partial charge in [0.2, 0.25) is 0 Å². The van der Waals surface area contributed by atoms with Gasteiger partial charge in [0.15, 0.2) is 0 Å². The Morgan fingerprint density at radius 2 is 2.07 bits per heavy atom. The first kappa shape index (κ1) is 11.0. The maximum Gasteiger partial charge on any atom is 0.251 e. The van der Waals surface area contributed by atoms with Crippen molar-refractivity contribution in [1.29, 1.82) is 0 Å². The first-order valence-electron chi connectivity index (χ1n) is 5.04. The summed E-state index contributed by atoms with van der Waals surface area (Å²) in [5.41, 5.74) is 0.748. The van der Waals surface area contributed by atoms with Crippen LogP contribution in [0, 0.1) is 0 Å². The van der Waals surface area contributed by atoms with E-state index in [2.05, 4.69) is 16.9 Å². The van der Waals surface area contributed by atoms with Crippen LogP contribution in [-0.2, 0) is 11.8 Å². The molecule has 3 heteroatoms. The topological polar surface area (TPSA) is 45.8 Å². The molecule has 14 heavy (non-hydrogen) atoms. The molecule has 78 valence electrons. The molecule has 1 heterocycles. The quantitative estimate of drug-likeness (QED) is 0.782. The second kappa shape index (κ2) is 3.95. The summed E-state index contributed by atoms with van der Waals surface area (Å²) in [4.78, 5) is 18.6. The summed E-state index contributed by atoms with van der Waals surface area (Å²) in [7, 11) is 0. The highest BCUT2D eigenvalue weighted by molar-refractivity contribution is 5.08. The molecule has 0 radical (unpaired) electrons. The molecule has 0 atom stereocenters. The molecule has 0 spiro atoms. The lowest BCUT2D eigenvalue weighted by Gasteiger charge is -2.17. The van der Waals surface area contributed by atoms with Gasteiger partial charge in [0.1, 0.15) is 5.82 Å². The molecular formula is C11H18N2O. The second-order valence-corrected chi connectivity index (χ2v) is 4.59. The number of aromatic amines is 1. The zero-order chi connectivity index (χ0) is 10.8. The van der Waals surface area contributed by atoms with E-state index < -0.39 is 0 Å². The number of nitrogens with zero attached hydrogens (tertiary/aromatic N) is 1. The predicted molar refractivity (Wildman–Crippen MR) is 57.6 cm³/mol. The van der Waals surface area contributed by atoms with E-state index in [4.69, 9.17) is 0 Å². The Morgan fingerprint density at radius 3 is 2.57 bits per heavy atom. The minimum absolute atomic E-state index is 0.0478. The molecule has 3 nitrogen and oxygen atoms in total. The van der Waals surface area contributed by atoms with Crippen LogP contribution in [-0.4, -0.2) is 9.97 Å². The molecule has 0 amide bonds. The van der Waals surface area contributed by atoms with Gasteiger partial charge in [-0.3, -0.25) is 4.79 Å². The molecule has 0 aliphatic rings. The van der Waals surface area contributed by atoms with E-state index in [0.29, 0.717) is 0 Å². The van der Waals surface area contributed by atoms with Crippen molar-refractivity contribution < 1.29 is 0 Å². The molecule has 1 rings (SSSR count). The lowest BCUT2D eigenvalue weighted by atomic mass is 9.95. The lowest BCUT2D eigenvalue weighted by molar-refractivity contribution is 0.538. The molecule has 0 unspecified atom stereocenters. The van der Waals surface area contributed by atoms with Crippen molar-refractivity contribution in [2.75, 3.05) is 0 Å². The Bertz CT molecular complexity index is 360. The summed E-state index contributed by atoms with van der Waals surface area (Å²) in [6.07, 6.45) is 1.88. The standard InChI is InChI=1S/C11H18N2O/c1-5-6-8-7-9(14)13-10(12-8)11(2,3)4/h7H,5-6H2,1-4H3,(H,12,13,14). The van der Waals surface area contributed by atoms with Crippen LogP contribution in [0.25, 0.3) is 0 Å². The minimum Gasteiger partial charge on any atom is -0.310 e. The van der Waals surface area contributed by atoms with Gasteiger partial charge in [-0.25, -0.2) is 4.98 Å². The van der Waals surface area contributed by atoms with E-state index in [9.17, 15) is 4.79 Å². The molecule has 1 N–H and O–H groups in total. The van der Waals surface area contributed by atoms with Crippen LogP contribution in [0.3, 0.4) is 0 Å². The smallest absolute Gasteiger partial charge is 0.251 e. The summed E-state index contributed by atoms with van der Waals surface area (Å²) in [5.74, 6) is 0.772. The van der Waals surface area contributed by atoms with Gasteiger partial charge in [-0.15, -0.1) is 0 Å². The van der Waals surface area contributed by atoms with Crippen LogP contribution in [0.15, 0.2) is 10.9 Å². The Morgan fingerprint density at radius 1 is 1.43 bits per heavy atom. The van der Waals surface area contributed by atoms with Gasteiger partial charge >= 0.3 is 0 Å². The number of aromatic nitrogens is 2. The van der Waals surface area contributed by atoms with Gasteiger partial charge in [0.05, 0.1) is 0 Å². The van der Waals surface area contributed by atoms with Crippen LogP contribution in [0.1, 0.15) is 45.6 Å². The highest BCUT2D eigenvalue weighted by Gasteiger charge is 2.17. The van der Waals surface area contributed by atoms with Crippen LogP contribution in [0.5, 0.6) is 0 Å². The van der Waals surface area contributed by atoms with Crippen molar-refractivity contribution in [3.63, 3.8) is 0 Å². The molecule has 0 aliphatic heterocycles. The first-order chi connectivity index (χ1) is 6.43. The van der Waals surface area contributed by atoms with Gasteiger partial charge in [-0.2, -0.15) is 0 Å². The number of hydrogen-bond donors (Lipinski definition) is 1. The third-order valence-corrected chi connectivity index (χ3v) is 2.01. The van der Waals surface area contributed by atoms with Crippen LogP contribution < -0.4 is 5.56 Å². The van der Waals surface area contributed by atoms with E-state index in [1.807, 2.05) is 20.8 Å². The summed E-state index contributed by atoms with van der Waals surface area (Å²) in [6, 6.07) is 1.58. The number of rotatable bonds is 2. The van der Waals surface area contributed by atoms with Crippen molar-refractivity contribution in [1.82, 2.24) is 9.97 Å². The third-order valence-electron chi connectivity index (χ3n) is 2.01. The van der Waals surface area contributed by atoms with Crippen molar-refractivity contribution >= 4 is 0 Å². The maximum absolute atomic E-state index is 11.3. The molecular weight excluding hydrogens is 176 g/mol. The molecule has 1 aromatic heterocycles. The lowest BCUT2D eigenvalue weighted by Crippen LogP contribution is -2.22. The molecule has 0 saturated heterocycles. The van der Waals surface area contributed by atoms with Crippen molar-refractivity contribution in [2.45, 2.75) is 46.0 Å². The fourth-order valence-corrected chi connectivity index (χ4v) is 1.25. The van der Waals surface area contributed by atoms with E-state index >= 15 is 0 Å². The zero-order valence-corrected chi connectivity index (χ0v) is 9.35. The monoisotopic (exact) mass is 194 g/mol. The number of aryl methyl sites for hydroxylation is 1. The van der Waals surface area contributed by atoms with E-state index in [1.54, 1.807) is 6.07 Å². The fourth-order valence-electron chi connectivity index (χ4n) is 1.25. The summed E-state index contributed by atoms with van der Waals surface area (Å²) >= 11 is 0. The second-order valence-electron chi connectivity index (χ2n) is 4.59. The number of H-pyrrole nitrogens is 1. The Balaban J connectivity index is 3.14. The largest absolute Gasteiger partial charge is 0.310 e. The SMILES string of the molecule is CCCc1cc(=O)[nH]c(C(C)(C)C)n1. The summed E-state index contributed by atoms with van der Waals surface area (Å²) < 4.78 is 0. The first-order valence-corrected chi connectivity index (χ1v) is 5.04. The van der Waals surface area contributed by atoms with Gasteiger partial charge in [-0.05, 0) is 6.42 Å². The average molecular weight is 194 g/mol. The normalized spacial score (nSPS) is 11.7. The molecule has 0 aliphatic carbocycles. The van der Waals surface area contributed by atoms with E-state index in [1.165, 1.54) is 0 Å². The summed E-state index contributed by atoms with van der Waals surface area (Å²) in [6.45, 7) is 8.21. The zero-order valence-electron chi connectivity index (χ0n) is 9.35. The predicted octanol–water partition coefficient (Wildman–Crippen LogP) is 2.02. The highest BCUT2D eigenvalue weighted by Crippen LogP contribution is 2.16. The van der Waals surface area contributed by atoms with Gasteiger partial charge in [0.25, 0.3) is 5.56 Å². The van der Waals surface area contributed by atoms with Gasteiger partial charge < -0.3 is 4.98 Å². The van der Waals surface area contributed by atoms with Gasteiger partial charge in [-0.1, -0.05) is 34.1 Å². The Hall–Kier alpha value is -1.12. The van der Waals surface area contributed by atoms with Crippen LogP contribution in [0.4, 0.5) is 0 Å². The maximum atomic E-state index is 11.3. The van der Waals surface area contributed by atoms with Crippen molar-refractivity contribution in [3.8, 4) is 0 Å². The Kier molecular flexibility index (Phi) is 3.09. The van der Waals surface area contributed by atoms with Gasteiger partial charge in [0, 0.05) is 17.2 Å². The molecule has 0 saturated carbocycles. The third kappa shape index (κ3) is 2.69. The molecule has 1 aromatic rings. The number of hydrogen-bond acceptors (Lipinski definition) is 2. The van der Waals surface area contributed by atoms with Crippen LogP contribution in [0.2, 0.25) is 0 Å². The molecule has 0 aromatic carbocycles. The van der Waals surface area contributed by atoms with Crippen molar-refractivity contribution in [3.05, 3.63) is 27.9 Å². The van der Waals surface area contributed by atoms with Crippen molar-refractivity contribution in [2.24, 2.45) is 0 Å². The Labute approximate surface area is 84.6 Å². The number of nitrogens with one attached hydrogen (secondary N) is 1. The molecule has 0 fully saturated rings. The van der Waals surface area contributed by atoms with E-state index in [0.717, 1.165) is 24.4 Å². The highest BCUT2D eigenvalue weighted by atomic mass is 16.1.